The van der Waals surface area contributed by atoms with Crippen LogP contribution in [-0.2, 0) is 11.2 Å². The van der Waals surface area contributed by atoms with Crippen LogP contribution >= 0.6 is 12.4 Å². The molecule has 1 amide bonds. The third-order valence-corrected chi connectivity index (χ3v) is 2.99. The Hall–Kier alpha value is -1.13. The lowest BCUT2D eigenvalue weighted by Gasteiger charge is -2.32. The smallest absolute Gasteiger partial charge is 0.227 e. The van der Waals surface area contributed by atoms with E-state index in [9.17, 15) is 9.18 Å². The van der Waals surface area contributed by atoms with E-state index < -0.39 is 0 Å². The molecule has 1 saturated heterocycles. The van der Waals surface area contributed by atoms with Crippen LogP contribution < -0.4 is 5.32 Å². The van der Waals surface area contributed by atoms with Crippen LogP contribution in [0, 0.1) is 5.82 Å². The Bertz CT molecular complexity index is 396. The van der Waals surface area contributed by atoms with E-state index in [4.69, 9.17) is 0 Å². The summed E-state index contributed by atoms with van der Waals surface area (Å²) in [5, 5.41) is 3.29. The molecular weight excluding hydrogens is 255 g/mol. The van der Waals surface area contributed by atoms with Crippen molar-refractivity contribution in [3.63, 3.8) is 0 Å². The second-order valence-corrected chi connectivity index (χ2v) is 4.50. The first kappa shape index (κ1) is 14.9. The highest BCUT2D eigenvalue weighted by atomic mass is 35.5. The Kier molecular flexibility index (Phi) is 5.56. The second kappa shape index (κ2) is 6.71. The summed E-state index contributed by atoms with van der Waals surface area (Å²) in [5.74, 6) is -0.151. The number of amides is 1. The number of nitrogens with zero attached hydrogens (tertiary/aromatic N) is 1. The maximum atomic E-state index is 12.7. The number of carbonyl (C=O) groups is 1. The minimum Gasteiger partial charge on any atom is -0.340 e. The Labute approximate surface area is 113 Å². The van der Waals surface area contributed by atoms with E-state index in [0.29, 0.717) is 12.5 Å². The summed E-state index contributed by atoms with van der Waals surface area (Å²) in [5.41, 5.74) is 0.864. The third kappa shape index (κ3) is 3.96. The van der Waals surface area contributed by atoms with Gasteiger partial charge in [-0.2, -0.15) is 0 Å². The topological polar surface area (TPSA) is 32.3 Å². The number of nitrogens with one attached hydrogen (secondary N) is 1. The number of carbonyl (C=O) groups excluding carboxylic acids is 1. The van der Waals surface area contributed by atoms with Gasteiger partial charge in [-0.15, -0.1) is 12.4 Å². The van der Waals surface area contributed by atoms with Gasteiger partial charge in [0, 0.05) is 25.7 Å². The van der Waals surface area contributed by atoms with Crippen LogP contribution in [0.5, 0.6) is 0 Å². The van der Waals surface area contributed by atoms with Crippen molar-refractivity contribution in [2.24, 2.45) is 0 Å². The van der Waals surface area contributed by atoms with Crippen LogP contribution in [0.2, 0.25) is 0 Å². The lowest BCUT2D eigenvalue weighted by atomic mass is 10.1. The van der Waals surface area contributed by atoms with Gasteiger partial charge in [0.1, 0.15) is 5.82 Å². The second-order valence-electron chi connectivity index (χ2n) is 4.50. The quantitative estimate of drug-likeness (QED) is 0.887. The predicted molar refractivity (Wildman–Crippen MR) is 71.4 cm³/mol. The van der Waals surface area contributed by atoms with Gasteiger partial charge in [0.25, 0.3) is 0 Å². The van der Waals surface area contributed by atoms with Crippen LogP contribution in [0.4, 0.5) is 4.39 Å². The van der Waals surface area contributed by atoms with Crippen LogP contribution in [-0.4, -0.2) is 36.5 Å². The molecule has 0 unspecified atom stereocenters. The Balaban J connectivity index is 0.00000162. The number of benzene rings is 1. The highest BCUT2D eigenvalue weighted by Crippen LogP contribution is 2.07. The normalized spacial score (nSPS) is 19.2. The number of rotatable bonds is 2. The molecule has 100 valence electrons. The molecule has 1 N–H and O–H groups in total. The Morgan fingerprint density at radius 1 is 1.44 bits per heavy atom. The summed E-state index contributed by atoms with van der Waals surface area (Å²) in [6, 6.07) is 6.46. The fraction of sp³-hybridized carbons (Fsp3) is 0.462. The molecule has 1 aliphatic rings. The molecule has 0 spiro atoms. The maximum Gasteiger partial charge on any atom is 0.227 e. The van der Waals surface area contributed by atoms with Gasteiger partial charge in [-0.25, -0.2) is 4.39 Å². The molecular formula is C13H18ClFN2O. The summed E-state index contributed by atoms with van der Waals surface area (Å²) < 4.78 is 12.7. The van der Waals surface area contributed by atoms with Gasteiger partial charge in [-0.05, 0) is 24.6 Å². The number of piperazine rings is 1. The average molecular weight is 273 g/mol. The molecule has 1 aliphatic heterocycles. The average Bonchev–Trinajstić information content (AvgIpc) is 2.32. The zero-order valence-electron chi connectivity index (χ0n) is 10.4. The van der Waals surface area contributed by atoms with Crippen molar-refractivity contribution in [2.75, 3.05) is 19.6 Å². The fourth-order valence-corrected chi connectivity index (χ4v) is 2.05. The van der Waals surface area contributed by atoms with Crippen molar-refractivity contribution in [3.8, 4) is 0 Å². The first-order chi connectivity index (χ1) is 8.15. The summed E-state index contributed by atoms with van der Waals surface area (Å²) in [7, 11) is 0. The molecule has 1 fully saturated rings. The Morgan fingerprint density at radius 2 is 2.11 bits per heavy atom. The van der Waals surface area contributed by atoms with Crippen molar-refractivity contribution in [2.45, 2.75) is 19.4 Å². The van der Waals surface area contributed by atoms with Gasteiger partial charge in [0.05, 0.1) is 6.42 Å². The maximum absolute atomic E-state index is 12.7. The first-order valence-electron chi connectivity index (χ1n) is 5.91. The van der Waals surface area contributed by atoms with E-state index >= 15 is 0 Å². The van der Waals surface area contributed by atoms with E-state index in [1.165, 1.54) is 12.1 Å². The molecule has 2 rings (SSSR count). The van der Waals surface area contributed by atoms with Gasteiger partial charge in [-0.3, -0.25) is 4.79 Å². The minimum atomic E-state index is -0.267. The van der Waals surface area contributed by atoms with E-state index in [1.54, 1.807) is 12.1 Å². The zero-order valence-corrected chi connectivity index (χ0v) is 11.2. The molecule has 1 heterocycles. The van der Waals surface area contributed by atoms with Crippen molar-refractivity contribution >= 4 is 18.3 Å². The summed E-state index contributed by atoms with van der Waals surface area (Å²) in [6.45, 7) is 4.41. The molecule has 1 atom stereocenters. The lowest BCUT2D eigenvalue weighted by Crippen LogP contribution is -2.51. The van der Waals surface area contributed by atoms with Gasteiger partial charge >= 0.3 is 0 Å². The zero-order chi connectivity index (χ0) is 12.3. The highest BCUT2D eigenvalue weighted by Gasteiger charge is 2.20. The SMILES string of the molecule is C[C@H]1CN(C(=O)Cc2ccc(F)cc2)CCN1.Cl. The first-order valence-corrected chi connectivity index (χ1v) is 5.91. The van der Waals surface area contributed by atoms with Gasteiger partial charge < -0.3 is 10.2 Å². The van der Waals surface area contributed by atoms with Gasteiger partial charge in [0.2, 0.25) is 5.91 Å². The van der Waals surface area contributed by atoms with Crippen molar-refractivity contribution in [1.82, 2.24) is 10.2 Å². The summed E-state index contributed by atoms with van der Waals surface area (Å²) >= 11 is 0. The Morgan fingerprint density at radius 3 is 2.72 bits per heavy atom. The predicted octanol–water partition coefficient (Wildman–Crippen LogP) is 1.61. The molecule has 1 aromatic carbocycles. The fourth-order valence-electron chi connectivity index (χ4n) is 2.05. The van der Waals surface area contributed by atoms with E-state index in [0.717, 1.165) is 25.2 Å². The number of halogens is 2. The molecule has 0 bridgehead atoms. The largest absolute Gasteiger partial charge is 0.340 e. The summed E-state index contributed by atoms with van der Waals surface area (Å²) in [6.07, 6.45) is 0.354. The van der Waals surface area contributed by atoms with Crippen LogP contribution in [0.15, 0.2) is 24.3 Å². The van der Waals surface area contributed by atoms with E-state index in [2.05, 4.69) is 12.2 Å². The number of hydrogen-bond acceptors (Lipinski definition) is 2. The van der Waals surface area contributed by atoms with Crippen LogP contribution in [0.25, 0.3) is 0 Å². The molecule has 18 heavy (non-hydrogen) atoms. The lowest BCUT2D eigenvalue weighted by molar-refractivity contribution is -0.131. The molecule has 3 nitrogen and oxygen atoms in total. The molecule has 1 aromatic rings. The molecule has 5 heteroatoms. The van der Waals surface area contributed by atoms with E-state index in [-0.39, 0.29) is 24.1 Å². The summed E-state index contributed by atoms with van der Waals surface area (Å²) in [4.78, 5) is 13.9. The molecule has 0 aromatic heterocycles. The van der Waals surface area contributed by atoms with Gasteiger partial charge in [-0.1, -0.05) is 12.1 Å². The monoisotopic (exact) mass is 272 g/mol. The highest BCUT2D eigenvalue weighted by molar-refractivity contribution is 5.85. The standard InChI is InChI=1S/C13H17FN2O.ClH/c1-10-9-16(7-6-15-10)13(17)8-11-2-4-12(14)5-3-11;/h2-5,10,15H,6-9H2,1H3;1H/t10-;/m0./s1. The molecule has 0 aliphatic carbocycles. The minimum absolute atomic E-state index is 0. The van der Waals surface area contributed by atoms with Crippen molar-refractivity contribution in [3.05, 3.63) is 35.6 Å². The van der Waals surface area contributed by atoms with Crippen LogP contribution in [0.1, 0.15) is 12.5 Å². The third-order valence-electron chi connectivity index (χ3n) is 2.99. The van der Waals surface area contributed by atoms with E-state index in [1.807, 2.05) is 4.90 Å². The van der Waals surface area contributed by atoms with Crippen molar-refractivity contribution in [1.29, 1.82) is 0 Å². The number of hydrogen-bond donors (Lipinski definition) is 1. The van der Waals surface area contributed by atoms with Gasteiger partial charge in [0.15, 0.2) is 0 Å². The molecule has 0 saturated carbocycles. The molecule has 0 radical (unpaired) electrons. The van der Waals surface area contributed by atoms with Crippen molar-refractivity contribution < 1.29 is 9.18 Å². The van der Waals surface area contributed by atoms with Crippen LogP contribution in [0.3, 0.4) is 0 Å².